The van der Waals surface area contributed by atoms with E-state index in [9.17, 15) is 9.59 Å². The number of piperidine rings is 1. The van der Waals surface area contributed by atoms with Gasteiger partial charge in [-0.3, -0.25) is 9.59 Å². The van der Waals surface area contributed by atoms with Crippen molar-refractivity contribution in [1.82, 2.24) is 25.1 Å². The average molecular weight is 431 g/mol. The van der Waals surface area contributed by atoms with Crippen LogP contribution in [0.1, 0.15) is 51.9 Å². The van der Waals surface area contributed by atoms with Crippen molar-refractivity contribution >= 4 is 17.8 Å². The highest BCUT2D eigenvalue weighted by Gasteiger charge is 2.27. The Morgan fingerprint density at radius 1 is 1.06 bits per heavy atom. The summed E-state index contributed by atoms with van der Waals surface area (Å²) in [6.07, 6.45) is 10.7. The SMILES string of the molecule is CCCCCCNC(=O)C1CCCN(CCC(=O)N2CCN(c3ncccn3)CC2)C1. The number of piperazine rings is 1. The summed E-state index contributed by atoms with van der Waals surface area (Å²) in [6.45, 7) is 8.41. The van der Waals surface area contributed by atoms with Crippen LogP contribution in [-0.4, -0.2) is 83.9 Å². The number of carbonyl (C=O) groups excluding carboxylic acids is 2. The molecular formula is C23H38N6O2. The molecule has 3 rings (SSSR count). The fourth-order valence-corrected chi connectivity index (χ4v) is 4.40. The number of amides is 2. The Bertz CT molecular complexity index is 678. The van der Waals surface area contributed by atoms with Gasteiger partial charge in [-0.05, 0) is 31.9 Å². The predicted molar refractivity (Wildman–Crippen MR) is 122 cm³/mol. The van der Waals surface area contributed by atoms with Gasteiger partial charge in [0.1, 0.15) is 0 Å². The molecule has 0 saturated carbocycles. The maximum atomic E-state index is 12.7. The summed E-state index contributed by atoms with van der Waals surface area (Å²) in [5, 5.41) is 3.11. The largest absolute Gasteiger partial charge is 0.356 e. The highest BCUT2D eigenvalue weighted by molar-refractivity contribution is 5.79. The first-order chi connectivity index (χ1) is 15.2. The van der Waals surface area contributed by atoms with Gasteiger partial charge in [0.25, 0.3) is 0 Å². The number of anilines is 1. The molecule has 2 aliphatic rings. The summed E-state index contributed by atoms with van der Waals surface area (Å²) >= 11 is 0. The van der Waals surface area contributed by atoms with E-state index in [0.717, 1.165) is 64.5 Å². The van der Waals surface area contributed by atoms with Gasteiger partial charge in [0.15, 0.2) is 0 Å². The molecule has 1 N–H and O–H groups in total. The Morgan fingerprint density at radius 2 is 1.84 bits per heavy atom. The third-order valence-corrected chi connectivity index (χ3v) is 6.32. The zero-order valence-electron chi connectivity index (χ0n) is 19.0. The number of nitrogens with zero attached hydrogens (tertiary/aromatic N) is 5. The monoisotopic (exact) mass is 430 g/mol. The van der Waals surface area contributed by atoms with Crippen LogP contribution in [0.15, 0.2) is 18.5 Å². The van der Waals surface area contributed by atoms with Gasteiger partial charge in [0.05, 0.1) is 5.92 Å². The smallest absolute Gasteiger partial charge is 0.225 e. The topological polar surface area (TPSA) is 81.7 Å². The van der Waals surface area contributed by atoms with Crippen LogP contribution in [0.4, 0.5) is 5.95 Å². The lowest BCUT2D eigenvalue weighted by atomic mass is 9.97. The molecule has 1 atom stereocenters. The van der Waals surface area contributed by atoms with Crippen molar-refractivity contribution in [2.75, 3.05) is 57.3 Å². The lowest BCUT2D eigenvalue weighted by Gasteiger charge is -2.36. The highest BCUT2D eigenvalue weighted by atomic mass is 16.2. The fourth-order valence-electron chi connectivity index (χ4n) is 4.40. The molecule has 0 bridgehead atoms. The number of hydrogen-bond acceptors (Lipinski definition) is 6. The van der Waals surface area contributed by atoms with Crippen LogP contribution in [0.3, 0.4) is 0 Å². The molecule has 0 radical (unpaired) electrons. The van der Waals surface area contributed by atoms with Crippen LogP contribution in [0.2, 0.25) is 0 Å². The maximum Gasteiger partial charge on any atom is 0.225 e. The second-order valence-electron chi connectivity index (χ2n) is 8.66. The molecule has 1 aromatic rings. The van der Waals surface area contributed by atoms with Crippen LogP contribution >= 0.6 is 0 Å². The van der Waals surface area contributed by atoms with Crippen molar-refractivity contribution in [1.29, 1.82) is 0 Å². The second kappa shape index (κ2) is 12.6. The van der Waals surface area contributed by atoms with E-state index in [4.69, 9.17) is 0 Å². The van der Waals surface area contributed by atoms with Gasteiger partial charge in [-0.15, -0.1) is 0 Å². The number of rotatable bonds is 10. The maximum absolute atomic E-state index is 12.7. The van der Waals surface area contributed by atoms with Crippen molar-refractivity contribution < 1.29 is 9.59 Å². The van der Waals surface area contributed by atoms with Crippen molar-refractivity contribution in [3.05, 3.63) is 18.5 Å². The molecule has 1 aromatic heterocycles. The van der Waals surface area contributed by atoms with E-state index >= 15 is 0 Å². The van der Waals surface area contributed by atoms with E-state index in [1.165, 1.54) is 19.3 Å². The van der Waals surface area contributed by atoms with Gasteiger partial charge in [0.2, 0.25) is 17.8 Å². The molecule has 2 saturated heterocycles. The van der Waals surface area contributed by atoms with Gasteiger partial charge in [-0.1, -0.05) is 26.2 Å². The Morgan fingerprint density at radius 3 is 2.58 bits per heavy atom. The van der Waals surface area contributed by atoms with Gasteiger partial charge in [-0.2, -0.15) is 0 Å². The van der Waals surface area contributed by atoms with Crippen molar-refractivity contribution in [2.24, 2.45) is 5.92 Å². The summed E-state index contributed by atoms with van der Waals surface area (Å²) in [5.74, 6) is 1.19. The quantitative estimate of drug-likeness (QED) is 0.571. The first-order valence-electron chi connectivity index (χ1n) is 12.0. The van der Waals surface area contributed by atoms with Gasteiger partial charge >= 0.3 is 0 Å². The summed E-state index contributed by atoms with van der Waals surface area (Å²) < 4.78 is 0. The molecule has 0 spiro atoms. The van der Waals surface area contributed by atoms with Gasteiger partial charge < -0.3 is 20.0 Å². The highest BCUT2D eigenvalue weighted by Crippen LogP contribution is 2.17. The lowest BCUT2D eigenvalue weighted by Crippen LogP contribution is -2.50. The first-order valence-corrected chi connectivity index (χ1v) is 12.0. The average Bonchev–Trinajstić information content (AvgIpc) is 2.83. The minimum atomic E-state index is 0.0597. The summed E-state index contributed by atoms with van der Waals surface area (Å²) in [6, 6.07) is 1.81. The normalized spacial score (nSPS) is 20.0. The van der Waals surface area contributed by atoms with Crippen molar-refractivity contribution in [2.45, 2.75) is 51.9 Å². The Kier molecular flexibility index (Phi) is 9.52. The molecule has 31 heavy (non-hydrogen) atoms. The van der Waals surface area contributed by atoms with Crippen LogP contribution < -0.4 is 10.2 Å². The molecule has 2 aliphatic heterocycles. The molecular weight excluding hydrogens is 392 g/mol. The number of carbonyl (C=O) groups is 2. The zero-order chi connectivity index (χ0) is 21.9. The minimum Gasteiger partial charge on any atom is -0.356 e. The number of likely N-dealkylation sites (tertiary alicyclic amines) is 1. The summed E-state index contributed by atoms with van der Waals surface area (Å²) in [7, 11) is 0. The zero-order valence-corrected chi connectivity index (χ0v) is 19.0. The summed E-state index contributed by atoms with van der Waals surface area (Å²) in [4.78, 5) is 40.1. The van der Waals surface area contributed by atoms with Crippen LogP contribution in [-0.2, 0) is 9.59 Å². The number of unbranched alkanes of at least 4 members (excludes halogenated alkanes) is 3. The molecule has 0 aliphatic carbocycles. The predicted octanol–water partition coefficient (Wildman–Crippen LogP) is 1.92. The Labute approximate surface area is 186 Å². The van der Waals surface area contributed by atoms with Gasteiger partial charge in [0, 0.05) is 64.6 Å². The van der Waals surface area contributed by atoms with E-state index in [2.05, 4.69) is 32.0 Å². The standard InChI is InChI=1S/C23H38N6O2/c1-2-3-4-5-10-24-22(31)20-8-6-13-27(19-20)14-9-21(30)28-15-17-29(18-16-28)23-25-11-7-12-26-23/h7,11-12,20H,2-6,8-10,13-19H2,1H3,(H,24,31). The van der Waals surface area contributed by atoms with E-state index in [-0.39, 0.29) is 17.7 Å². The van der Waals surface area contributed by atoms with Crippen LogP contribution in [0, 0.1) is 5.92 Å². The molecule has 1 unspecified atom stereocenters. The number of nitrogens with one attached hydrogen (secondary N) is 1. The van der Waals surface area contributed by atoms with Crippen molar-refractivity contribution in [3.8, 4) is 0 Å². The molecule has 3 heterocycles. The molecule has 8 heteroatoms. The second-order valence-corrected chi connectivity index (χ2v) is 8.66. The van der Waals surface area contributed by atoms with Gasteiger partial charge in [-0.25, -0.2) is 9.97 Å². The summed E-state index contributed by atoms with van der Waals surface area (Å²) in [5.41, 5.74) is 0. The molecule has 8 nitrogen and oxygen atoms in total. The lowest BCUT2D eigenvalue weighted by molar-refractivity contribution is -0.132. The van der Waals surface area contributed by atoms with E-state index < -0.39 is 0 Å². The third kappa shape index (κ3) is 7.45. The molecule has 0 aromatic carbocycles. The molecule has 2 fully saturated rings. The van der Waals surface area contributed by atoms with E-state index in [0.29, 0.717) is 19.5 Å². The first kappa shape index (κ1) is 23.4. The van der Waals surface area contributed by atoms with Crippen LogP contribution in [0.25, 0.3) is 0 Å². The van der Waals surface area contributed by atoms with Crippen molar-refractivity contribution in [3.63, 3.8) is 0 Å². The molecule has 2 amide bonds. The third-order valence-electron chi connectivity index (χ3n) is 6.32. The number of aromatic nitrogens is 2. The van der Waals surface area contributed by atoms with E-state index in [1.807, 2.05) is 11.0 Å². The number of hydrogen-bond donors (Lipinski definition) is 1. The van der Waals surface area contributed by atoms with E-state index in [1.54, 1.807) is 12.4 Å². The Balaban J connectivity index is 1.34. The minimum absolute atomic E-state index is 0.0597. The fraction of sp³-hybridized carbons (Fsp3) is 0.739. The Hall–Kier alpha value is -2.22. The molecule has 172 valence electrons. The van der Waals surface area contributed by atoms with Crippen LogP contribution in [0.5, 0.6) is 0 Å².